The lowest BCUT2D eigenvalue weighted by atomic mass is 10.1. The molecule has 0 radical (unpaired) electrons. The summed E-state index contributed by atoms with van der Waals surface area (Å²) in [6.07, 6.45) is 3.14. The number of imidazole rings is 1. The number of H-pyrrole nitrogens is 1. The maximum Gasteiger partial charge on any atom is 0.326 e. The Morgan fingerprint density at radius 1 is 1.65 bits per heavy atom. The standard InChI is InChI=1S/C10H16N4O3/c1-6(3-11)9(15)14-8(10(16)17)2-7-4-12-5-13-7/h4-6,8H,2-3,11H2,1H3,(H,12,13)(H,14,15)(H,16,17)/t6?,8-/m0/s1. The Morgan fingerprint density at radius 2 is 2.35 bits per heavy atom. The van der Waals surface area contributed by atoms with Crippen LogP contribution in [0.4, 0.5) is 0 Å². The van der Waals surface area contributed by atoms with Gasteiger partial charge in [-0.15, -0.1) is 0 Å². The van der Waals surface area contributed by atoms with Crippen molar-refractivity contribution in [1.29, 1.82) is 0 Å². The van der Waals surface area contributed by atoms with Crippen LogP contribution in [0.3, 0.4) is 0 Å². The van der Waals surface area contributed by atoms with E-state index in [9.17, 15) is 9.59 Å². The van der Waals surface area contributed by atoms with E-state index in [2.05, 4.69) is 15.3 Å². The first-order valence-electron chi connectivity index (χ1n) is 5.25. The van der Waals surface area contributed by atoms with E-state index >= 15 is 0 Å². The number of aliphatic carboxylic acids is 1. The lowest BCUT2D eigenvalue weighted by Gasteiger charge is -2.16. The van der Waals surface area contributed by atoms with Gasteiger partial charge in [0.15, 0.2) is 0 Å². The zero-order chi connectivity index (χ0) is 12.8. The minimum atomic E-state index is -1.09. The van der Waals surface area contributed by atoms with E-state index in [1.54, 1.807) is 6.92 Å². The van der Waals surface area contributed by atoms with Crippen LogP contribution in [-0.4, -0.2) is 39.5 Å². The summed E-state index contributed by atoms with van der Waals surface area (Å²) >= 11 is 0. The average Bonchev–Trinajstić information content (AvgIpc) is 2.79. The number of hydrogen-bond acceptors (Lipinski definition) is 4. The van der Waals surface area contributed by atoms with Gasteiger partial charge in [-0.25, -0.2) is 9.78 Å². The summed E-state index contributed by atoms with van der Waals surface area (Å²) in [6, 6.07) is -0.975. The van der Waals surface area contributed by atoms with Gasteiger partial charge in [0, 0.05) is 30.8 Å². The molecule has 7 nitrogen and oxygen atoms in total. The van der Waals surface area contributed by atoms with Gasteiger partial charge in [0.25, 0.3) is 0 Å². The number of nitrogens with two attached hydrogens (primary N) is 1. The first-order valence-corrected chi connectivity index (χ1v) is 5.25. The summed E-state index contributed by atoms with van der Waals surface area (Å²) in [5.41, 5.74) is 5.99. The zero-order valence-corrected chi connectivity index (χ0v) is 9.51. The molecule has 1 rings (SSSR count). The van der Waals surface area contributed by atoms with Crippen molar-refractivity contribution in [2.24, 2.45) is 11.7 Å². The Bertz CT molecular complexity index is 377. The number of rotatable bonds is 6. The van der Waals surface area contributed by atoms with Gasteiger partial charge in [-0.1, -0.05) is 6.92 Å². The molecule has 0 aromatic carbocycles. The highest BCUT2D eigenvalue weighted by Crippen LogP contribution is 2.01. The maximum absolute atomic E-state index is 11.5. The van der Waals surface area contributed by atoms with Crippen LogP contribution in [0.2, 0.25) is 0 Å². The SMILES string of the molecule is CC(CN)C(=O)N[C@@H](Cc1cnc[nH]1)C(=O)O. The molecule has 1 unspecified atom stereocenters. The summed E-state index contributed by atoms with van der Waals surface area (Å²) in [4.78, 5) is 29.1. The third-order valence-electron chi connectivity index (χ3n) is 2.39. The number of hydrogen-bond donors (Lipinski definition) is 4. The van der Waals surface area contributed by atoms with Crippen LogP contribution in [0.5, 0.6) is 0 Å². The molecule has 7 heteroatoms. The second-order valence-electron chi connectivity index (χ2n) is 3.82. The summed E-state index contributed by atoms with van der Waals surface area (Å²) in [5.74, 6) is -1.85. The van der Waals surface area contributed by atoms with E-state index < -0.39 is 17.9 Å². The van der Waals surface area contributed by atoms with Crippen molar-refractivity contribution in [2.75, 3.05) is 6.54 Å². The highest BCUT2D eigenvalue weighted by Gasteiger charge is 2.23. The molecule has 0 saturated heterocycles. The van der Waals surface area contributed by atoms with Crippen molar-refractivity contribution < 1.29 is 14.7 Å². The quantitative estimate of drug-likeness (QED) is 0.514. The molecule has 94 valence electrons. The molecule has 17 heavy (non-hydrogen) atoms. The van der Waals surface area contributed by atoms with Crippen molar-refractivity contribution in [3.8, 4) is 0 Å². The fourth-order valence-corrected chi connectivity index (χ4v) is 1.24. The van der Waals surface area contributed by atoms with Crippen LogP contribution >= 0.6 is 0 Å². The highest BCUT2D eigenvalue weighted by atomic mass is 16.4. The maximum atomic E-state index is 11.5. The van der Waals surface area contributed by atoms with Crippen molar-refractivity contribution >= 4 is 11.9 Å². The van der Waals surface area contributed by atoms with Crippen molar-refractivity contribution in [3.63, 3.8) is 0 Å². The van der Waals surface area contributed by atoms with Crippen molar-refractivity contribution in [2.45, 2.75) is 19.4 Å². The molecular weight excluding hydrogens is 224 g/mol. The number of carboxylic acids is 1. The van der Waals surface area contributed by atoms with Gasteiger partial charge in [-0.2, -0.15) is 0 Å². The van der Waals surface area contributed by atoms with Gasteiger partial charge >= 0.3 is 5.97 Å². The van der Waals surface area contributed by atoms with Gasteiger partial charge in [0.2, 0.25) is 5.91 Å². The Kier molecular flexibility index (Phi) is 4.65. The molecule has 0 aliphatic heterocycles. The van der Waals surface area contributed by atoms with Crippen molar-refractivity contribution in [3.05, 3.63) is 18.2 Å². The summed E-state index contributed by atoms with van der Waals surface area (Å²) in [7, 11) is 0. The van der Waals surface area contributed by atoms with Crippen LogP contribution in [0.15, 0.2) is 12.5 Å². The Balaban J connectivity index is 2.61. The van der Waals surface area contributed by atoms with E-state index in [0.29, 0.717) is 5.69 Å². The van der Waals surface area contributed by atoms with Gasteiger partial charge in [-0.05, 0) is 0 Å². The molecule has 0 fully saturated rings. The largest absolute Gasteiger partial charge is 0.480 e. The van der Waals surface area contributed by atoms with Gasteiger partial charge in [0.05, 0.1) is 6.33 Å². The number of aromatic amines is 1. The van der Waals surface area contributed by atoms with Crippen LogP contribution in [-0.2, 0) is 16.0 Å². The average molecular weight is 240 g/mol. The molecular formula is C10H16N4O3. The van der Waals surface area contributed by atoms with Gasteiger partial charge < -0.3 is 21.1 Å². The van der Waals surface area contributed by atoms with Crippen LogP contribution < -0.4 is 11.1 Å². The Labute approximate surface area is 98.4 Å². The van der Waals surface area contributed by atoms with E-state index in [-0.39, 0.29) is 18.9 Å². The Hall–Kier alpha value is -1.89. The number of aromatic nitrogens is 2. The fourth-order valence-electron chi connectivity index (χ4n) is 1.24. The molecule has 0 spiro atoms. The van der Waals surface area contributed by atoms with E-state index in [1.807, 2.05) is 0 Å². The number of amides is 1. The Morgan fingerprint density at radius 3 is 2.82 bits per heavy atom. The number of carboxylic acid groups (broad SMARTS) is 1. The number of nitrogens with zero attached hydrogens (tertiary/aromatic N) is 1. The third-order valence-corrected chi connectivity index (χ3v) is 2.39. The second kappa shape index (κ2) is 6.00. The predicted octanol–water partition coefficient (Wildman–Crippen LogP) is -0.884. The second-order valence-corrected chi connectivity index (χ2v) is 3.82. The summed E-state index contributed by atoms with van der Waals surface area (Å²) in [6.45, 7) is 1.83. The lowest BCUT2D eigenvalue weighted by molar-refractivity contribution is -0.142. The molecule has 5 N–H and O–H groups in total. The number of carbonyl (C=O) groups excluding carboxylic acids is 1. The van der Waals surface area contributed by atoms with E-state index in [4.69, 9.17) is 10.8 Å². The molecule has 2 atom stereocenters. The molecule has 1 aromatic rings. The predicted molar refractivity (Wildman–Crippen MR) is 60.1 cm³/mol. The van der Waals surface area contributed by atoms with Crippen LogP contribution in [0, 0.1) is 5.92 Å². The zero-order valence-electron chi connectivity index (χ0n) is 9.51. The lowest BCUT2D eigenvalue weighted by Crippen LogP contribution is -2.45. The van der Waals surface area contributed by atoms with E-state index in [0.717, 1.165) is 0 Å². The third kappa shape index (κ3) is 3.87. The fraction of sp³-hybridized carbons (Fsp3) is 0.500. The van der Waals surface area contributed by atoms with Crippen molar-refractivity contribution in [1.82, 2.24) is 15.3 Å². The minimum Gasteiger partial charge on any atom is -0.480 e. The first kappa shape index (κ1) is 13.2. The summed E-state index contributed by atoms with van der Waals surface area (Å²) in [5, 5.41) is 11.4. The highest BCUT2D eigenvalue weighted by molar-refractivity contribution is 5.85. The van der Waals surface area contributed by atoms with E-state index in [1.165, 1.54) is 12.5 Å². The van der Waals surface area contributed by atoms with Crippen LogP contribution in [0.25, 0.3) is 0 Å². The summed E-state index contributed by atoms with van der Waals surface area (Å²) < 4.78 is 0. The smallest absolute Gasteiger partial charge is 0.326 e. The molecule has 1 heterocycles. The first-order chi connectivity index (χ1) is 8.04. The normalized spacial score (nSPS) is 14.0. The molecule has 1 amide bonds. The molecule has 0 aliphatic rings. The molecule has 0 saturated carbocycles. The number of nitrogens with one attached hydrogen (secondary N) is 2. The monoisotopic (exact) mass is 240 g/mol. The van der Waals surface area contributed by atoms with Gasteiger partial charge in [0.1, 0.15) is 6.04 Å². The molecule has 1 aromatic heterocycles. The topological polar surface area (TPSA) is 121 Å². The molecule has 0 aliphatic carbocycles. The van der Waals surface area contributed by atoms with Crippen LogP contribution in [0.1, 0.15) is 12.6 Å². The van der Waals surface area contributed by atoms with Gasteiger partial charge in [-0.3, -0.25) is 4.79 Å². The molecule has 0 bridgehead atoms. The number of carbonyl (C=O) groups is 2. The minimum absolute atomic E-state index is 0.165.